The van der Waals surface area contributed by atoms with Gasteiger partial charge in [0.15, 0.2) is 5.16 Å². The molecule has 1 aromatic carbocycles. The fourth-order valence-electron chi connectivity index (χ4n) is 3.14. The van der Waals surface area contributed by atoms with Crippen molar-refractivity contribution in [2.75, 3.05) is 11.1 Å². The van der Waals surface area contributed by atoms with E-state index in [2.05, 4.69) is 34.5 Å². The lowest BCUT2D eigenvalue weighted by Gasteiger charge is -2.12. The summed E-state index contributed by atoms with van der Waals surface area (Å²) in [5.41, 5.74) is 1.32. The average molecular weight is 427 g/mol. The predicted molar refractivity (Wildman–Crippen MR) is 115 cm³/mol. The van der Waals surface area contributed by atoms with Gasteiger partial charge in [-0.15, -0.1) is 10.2 Å². The number of fused-ring (bicyclic) bond motifs is 3. The Hall–Kier alpha value is -3.14. The number of nitrogens with zero attached hydrogens (tertiary/aromatic N) is 5. The zero-order chi connectivity index (χ0) is 21.3. The number of carbonyl (C=O) groups is 1. The van der Waals surface area contributed by atoms with Crippen LogP contribution in [0.5, 0.6) is 0 Å². The summed E-state index contributed by atoms with van der Waals surface area (Å²) in [6, 6.07) is 9.02. The van der Waals surface area contributed by atoms with Crippen molar-refractivity contribution in [2.24, 2.45) is 5.92 Å². The normalized spacial score (nSPS) is 11.6. The Morgan fingerprint density at radius 1 is 1.27 bits per heavy atom. The molecule has 0 radical (unpaired) electrons. The highest BCUT2D eigenvalue weighted by molar-refractivity contribution is 7.99. The minimum absolute atomic E-state index is 0.0823. The molecule has 30 heavy (non-hydrogen) atoms. The highest BCUT2D eigenvalue weighted by Gasteiger charge is 2.18. The molecule has 0 aliphatic carbocycles. The molecule has 1 N–H and O–H groups in total. The van der Waals surface area contributed by atoms with Gasteiger partial charge < -0.3 is 4.52 Å². The maximum absolute atomic E-state index is 13.0. The third kappa shape index (κ3) is 3.95. The number of anilines is 1. The molecule has 0 saturated carbocycles. The van der Waals surface area contributed by atoms with Crippen molar-refractivity contribution >= 4 is 40.2 Å². The SMILES string of the molecule is Cc1cc(NC(=O)CSc2nnc3n(CCC(C)C)c(=O)c4ccccc4n23)on1. The fourth-order valence-corrected chi connectivity index (χ4v) is 3.88. The van der Waals surface area contributed by atoms with Gasteiger partial charge in [-0.2, -0.15) is 0 Å². The molecule has 0 spiro atoms. The number of thioether (sulfide) groups is 1. The number of aromatic nitrogens is 5. The summed E-state index contributed by atoms with van der Waals surface area (Å²) in [5, 5.41) is 16.1. The first-order valence-corrected chi connectivity index (χ1v) is 10.6. The van der Waals surface area contributed by atoms with Crippen molar-refractivity contribution in [1.82, 2.24) is 24.3 Å². The van der Waals surface area contributed by atoms with Crippen LogP contribution in [0.4, 0.5) is 5.88 Å². The van der Waals surface area contributed by atoms with Gasteiger partial charge in [0, 0.05) is 12.6 Å². The number of para-hydroxylation sites is 1. The van der Waals surface area contributed by atoms with Crippen molar-refractivity contribution < 1.29 is 9.32 Å². The van der Waals surface area contributed by atoms with E-state index >= 15 is 0 Å². The predicted octanol–water partition coefficient (Wildman–Crippen LogP) is 3.12. The maximum Gasteiger partial charge on any atom is 0.262 e. The van der Waals surface area contributed by atoms with Gasteiger partial charge in [-0.1, -0.05) is 42.9 Å². The smallest absolute Gasteiger partial charge is 0.262 e. The van der Waals surface area contributed by atoms with Gasteiger partial charge in [-0.05, 0) is 31.4 Å². The molecule has 3 aromatic heterocycles. The van der Waals surface area contributed by atoms with Crippen molar-refractivity contribution in [3.05, 3.63) is 46.4 Å². The standard InChI is InChI=1S/C20H22N6O3S/c1-12(2)8-9-25-18(28)14-6-4-5-7-15(14)26-19(25)22-23-20(26)30-11-16(27)21-17-10-13(3)24-29-17/h4-7,10,12H,8-9,11H2,1-3H3,(H,21,27). The highest BCUT2D eigenvalue weighted by Crippen LogP contribution is 2.22. The fraction of sp³-hybridized carbons (Fsp3) is 0.350. The lowest BCUT2D eigenvalue weighted by molar-refractivity contribution is -0.113. The molecular formula is C20H22N6O3S. The molecule has 10 heteroatoms. The zero-order valence-corrected chi connectivity index (χ0v) is 17.8. The van der Waals surface area contributed by atoms with Crippen LogP contribution in [-0.2, 0) is 11.3 Å². The Morgan fingerprint density at radius 3 is 2.80 bits per heavy atom. The van der Waals surface area contributed by atoms with Crippen molar-refractivity contribution in [3.8, 4) is 0 Å². The molecular weight excluding hydrogens is 404 g/mol. The summed E-state index contributed by atoms with van der Waals surface area (Å²) in [6.45, 7) is 6.56. The number of rotatable bonds is 7. The Balaban J connectivity index is 1.67. The summed E-state index contributed by atoms with van der Waals surface area (Å²) < 4.78 is 8.52. The molecule has 0 saturated heterocycles. The largest absolute Gasteiger partial charge is 0.338 e. The summed E-state index contributed by atoms with van der Waals surface area (Å²) in [5.74, 6) is 1.10. The van der Waals surface area contributed by atoms with Gasteiger partial charge in [0.1, 0.15) is 0 Å². The van der Waals surface area contributed by atoms with Crippen LogP contribution in [-0.4, -0.2) is 36.0 Å². The highest BCUT2D eigenvalue weighted by atomic mass is 32.2. The van der Waals surface area contributed by atoms with Crippen LogP contribution in [0.2, 0.25) is 0 Å². The molecule has 1 amide bonds. The van der Waals surface area contributed by atoms with E-state index in [0.717, 1.165) is 11.9 Å². The van der Waals surface area contributed by atoms with E-state index in [1.807, 2.05) is 22.6 Å². The van der Waals surface area contributed by atoms with Gasteiger partial charge in [0.05, 0.1) is 22.3 Å². The van der Waals surface area contributed by atoms with Crippen LogP contribution in [0.1, 0.15) is 26.0 Å². The van der Waals surface area contributed by atoms with Crippen molar-refractivity contribution in [3.63, 3.8) is 0 Å². The van der Waals surface area contributed by atoms with Crippen molar-refractivity contribution in [1.29, 1.82) is 0 Å². The number of hydrogen-bond acceptors (Lipinski definition) is 7. The van der Waals surface area contributed by atoms with Crippen LogP contribution in [0.25, 0.3) is 16.7 Å². The molecule has 0 fully saturated rings. The van der Waals surface area contributed by atoms with Gasteiger partial charge in [-0.3, -0.25) is 23.9 Å². The van der Waals surface area contributed by atoms with E-state index < -0.39 is 0 Å². The molecule has 0 atom stereocenters. The lowest BCUT2D eigenvalue weighted by atomic mass is 10.1. The quantitative estimate of drug-likeness (QED) is 0.452. The molecule has 0 bridgehead atoms. The summed E-state index contributed by atoms with van der Waals surface area (Å²) in [7, 11) is 0. The van der Waals surface area contributed by atoms with Crippen LogP contribution in [0.15, 0.2) is 44.8 Å². The lowest BCUT2D eigenvalue weighted by Crippen LogP contribution is -2.24. The molecule has 156 valence electrons. The Morgan fingerprint density at radius 2 is 2.07 bits per heavy atom. The average Bonchev–Trinajstić information content (AvgIpc) is 3.32. The molecule has 0 aliphatic rings. The van der Waals surface area contributed by atoms with Crippen LogP contribution in [0.3, 0.4) is 0 Å². The Bertz CT molecular complexity index is 1270. The monoisotopic (exact) mass is 426 g/mol. The molecule has 9 nitrogen and oxygen atoms in total. The molecule has 0 aliphatic heterocycles. The van der Waals surface area contributed by atoms with E-state index in [0.29, 0.717) is 40.4 Å². The van der Waals surface area contributed by atoms with Crippen LogP contribution < -0.4 is 10.9 Å². The molecule has 3 heterocycles. The van der Waals surface area contributed by atoms with E-state index in [4.69, 9.17) is 4.52 Å². The number of hydrogen-bond donors (Lipinski definition) is 1. The number of benzene rings is 1. The third-order valence-electron chi connectivity index (χ3n) is 4.63. The maximum atomic E-state index is 13.0. The number of aryl methyl sites for hydroxylation is 2. The second-order valence-electron chi connectivity index (χ2n) is 7.44. The Kier molecular flexibility index (Phi) is 5.58. The second-order valence-corrected chi connectivity index (χ2v) is 8.39. The first kappa shape index (κ1) is 20.1. The molecule has 0 unspecified atom stereocenters. The topological polar surface area (TPSA) is 107 Å². The van der Waals surface area contributed by atoms with Gasteiger partial charge >= 0.3 is 0 Å². The van der Waals surface area contributed by atoms with Crippen molar-refractivity contribution in [2.45, 2.75) is 38.9 Å². The number of nitrogens with one attached hydrogen (secondary N) is 1. The second kappa shape index (κ2) is 8.31. The van der Waals surface area contributed by atoms with E-state index in [9.17, 15) is 9.59 Å². The third-order valence-corrected chi connectivity index (χ3v) is 5.56. The summed E-state index contributed by atoms with van der Waals surface area (Å²) in [6.07, 6.45) is 0.849. The molecule has 4 aromatic rings. The van der Waals surface area contributed by atoms with Crippen LogP contribution >= 0.6 is 11.8 Å². The van der Waals surface area contributed by atoms with E-state index in [1.54, 1.807) is 23.6 Å². The number of carbonyl (C=O) groups excluding carboxylic acids is 1. The van der Waals surface area contributed by atoms with Crippen LogP contribution in [0, 0.1) is 12.8 Å². The first-order valence-electron chi connectivity index (χ1n) is 9.66. The first-order chi connectivity index (χ1) is 14.4. The van der Waals surface area contributed by atoms with E-state index in [1.165, 1.54) is 11.8 Å². The minimum atomic E-state index is -0.245. The molecule has 4 rings (SSSR count). The minimum Gasteiger partial charge on any atom is -0.338 e. The summed E-state index contributed by atoms with van der Waals surface area (Å²) >= 11 is 1.24. The van der Waals surface area contributed by atoms with Gasteiger partial charge in [0.2, 0.25) is 17.6 Å². The zero-order valence-electron chi connectivity index (χ0n) is 17.0. The Labute approximate surface area is 176 Å². The number of amides is 1. The van der Waals surface area contributed by atoms with Gasteiger partial charge in [0.25, 0.3) is 5.56 Å². The summed E-state index contributed by atoms with van der Waals surface area (Å²) in [4.78, 5) is 25.3. The van der Waals surface area contributed by atoms with E-state index in [-0.39, 0.29) is 17.2 Å². The van der Waals surface area contributed by atoms with Gasteiger partial charge in [-0.25, -0.2) is 0 Å².